The molecule has 80 valence electrons. The molecule has 14 heavy (non-hydrogen) atoms. The predicted octanol–water partition coefficient (Wildman–Crippen LogP) is 4.00. The fourth-order valence-corrected chi connectivity index (χ4v) is 3.30. The van der Waals surface area contributed by atoms with Crippen LogP contribution in [0.5, 0.6) is 0 Å². The third kappa shape index (κ3) is 2.11. The summed E-state index contributed by atoms with van der Waals surface area (Å²) in [6.07, 6.45) is 5.35. The molecule has 2 heteroatoms. The van der Waals surface area contributed by atoms with Crippen LogP contribution >= 0.6 is 11.3 Å². The molecule has 1 nitrogen and oxygen atoms in total. The number of nitrogens with one attached hydrogen (secondary N) is 1. The van der Waals surface area contributed by atoms with E-state index in [1.807, 2.05) is 32.2 Å². The molecule has 0 aromatic carbocycles. The second-order valence-corrected chi connectivity index (χ2v) is 4.70. The van der Waals surface area contributed by atoms with Gasteiger partial charge in [0, 0.05) is 16.8 Å². The average molecular weight is 211 g/mol. The first-order valence-corrected chi connectivity index (χ1v) is 6.43. The Kier molecular flexibility index (Phi) is 4.46. The fraction of sp³-hybridized carbons (Fsp3) is 0.667. The van der Waals surface area contributed by atoms with Gasteiger partial charge in [-0.1, -0.05) is 13.8 Å². The van der Waals surface area contributed by atoms with E-state index in [2.05, 4.69) is 12.2 Å². The van der Waals surface area contributed by atoms with Gasteiger partial charge in [0.05, 0.1) is 5.69 Å². The molecule has 1 N–H and O–H groups in total. The number of hydrogen-bond donors (Lipinski definition) is 1. The van der Waals surface area contributed by atoms with Gasteiger partial charge in [0.15, 0.2) is 0 Å². The van der Waals surface area contributed by atoms with Crippen molar-refractivity contribution in [2.75, 3.05) is 12.4 Å². The highest BCUT2D eigenvalue weighted by atomic mass is 32.1. The Morgan fingerprint density at radius 2 is 1.79 bits per heavy atom. The average Bonchev–Trinajstić information content (AvgIpc) is 2.56. The van der Waals surface area contributed by atoms with Crippen LogP contribution in [0.1, 0.15) is 42.0 Å². The van der Waals surface area contributed by atoms with Gasteiger partial charge in [0.2, 0.25) is 0 Å². The van der Waals surface area contributed by atoms with Crippen LogP contribution in [0, 0.1) is 6.92 Å². The van der Waals surface area contributed by atoms with Crippen LogP contribution < -0.4 is 5.32 Å². The molecule has 0 bridgehead atoms. The van der Waals surface area contributed by atoms with Crippen molar-refractivity contribution in [2.24, 2.45) is 0 Å². The van der Waals surface area contributed by atoms with Crippen molar-refractivity contribution in [1.82, 2.24) is 0 Å². The van der Waals surface area contributed by atoms with Gasteiger partial charge in [-0.15, -0.1) is 11.3 Å². The molecule has 1 aliphatic carbocycles. The normalized spacial score (nSPS) is 14.0. The van der Waals surface area contributed by atoms with Gasteiger partial charge in [0.1, 0.15) is 0 Å². The van der Waals surface area contributed by atoms with Crippen molar-refractivity contribution in [2.45, 2.75) is 46.5 Å². The molecule has 0 saturated carbocycles. The molecule has 0 saturated heterocycles. The van der Waals surface area contributed by atoms with Gasteiger partial charge in [-0.25, -0.2) is 0 Å². The number of anilines is 1. The molecule has 0 amide bonds. The molecule has 0 atom stereocenters. The van der Waals surface area contributed by atoms with Crippen molar-refractivity contribution in [3.05, 3.63) is 15.3 Å². The smallest absolute Gasteiger partial charge is 0.0511 e. The molecule has 0 unspecified atom stereocenters. The molecule has 1 aromatic rings. The van der Waals surface area contributed by atoms with E-state index in [1.165, 1.54) is 36.2 Å². The highest BCUT2D eigenvalue weighted by Crippen LogP contribution is 2.37. The number of rotatable bonds is 1. The third-order valence-electron chi connectivity index (χ3n) is 2.60. The summed E-state index contributed by atoms with van der Waals surface area (Å²) >= 11 is 1.98. The van der Waals surface area contributed by atoms with E-state index in [1.54, 1.807) is 10.4 Å². The monoisotopic (exact) mass is 211 g/mol. The van der Waals surface area contributed by atoms with Crippen LogP contribution in [0.25, 0.3) is 0 Å². The quantitative estimate of drug-likeness (QED) is 0.740. The predicted molar refractivity (Wildman–Crippen MR) is 66.6 cm³/mol. The Hall–Kier alpha value is -0.500. The lowest BCUT2D eigenvalue weighted by Crippen LogP contribution is -2.01. The van der Waals surface area contributed by atoms with Gasteiger partial charge in [-0.05, 0) is 38.2 Å². The molecule has 0 radical (unpaired) electrons. The van der Waals surface area contributed by atoms with Crippen LogP contribution in [0.15, 0.2) is 0 Å². The number of fused-ring (bicyclic) bond motifs is 1. The first-order chi connectivity index (χ1) is 6.83. The zero-order chi connectivity index (χ0) is 10.6. The topological polar surface area (TPSA) is 12.0 Å². The van der Waals surface area contributed by atoms with Gasteiger partial charge in [-0.2, -0.15) is 0 Å². The maximum atomic E-state index is 3.31. The van der Waals surface area contributed by atoms with E-state index < -0.39 is 0 Å². The molecule has 1 aromatic heterocycles. The lowest BCUT2D eigenvalue weighted by Gasteiger charge is -2.12. The SMILES string of the molecule is CC.CNc1c(C)sc2c1CCCC2. The molecule has 0 fully saturated rings. The Morgan fingerprint density at radius 1 is 1.14 bits per heavy atom. The summed E-state index contributed by atoms with van der Waals surface area (Å²) in [5.41, 5.74) is 3.01. The summed E-state index contributed by atoms with van der Waals surface area (Å²) in [5.74, 6) is 0. The van der Waals surface area contributed by atoms with E-state index in [9.17, 15) is 0 Å². The van der Waals surface area contributed by atoms with Crippen molar-refractivity contribution in [1.29, 1.82) is 0 Å². The highest BCUT2D eigenvalue weighted by molar-refractivity contribution is 7.12. The van der Waals surface area contributed by atoms with Crippen LogP contribution in [0.2, 0.25) is 0 Å². The van der Waals surface area contributed by atoms with Crippen LogP contribution in [0.3, 0.4) is 0 Å². The minimum atomic E-state index is 1.29. The fourth-order valence-electron chi connectivity index (χ4n) is 2.03. The van der Waals surface area contributed by atoms with E-state index >= 15 is 0 Å². The molecule has 0 spiro atoms. The molecule has 1 aliphatic rings. The van der Waals surface area contributed by atoms with E-state index in [-0.39, 0.29) is 0 Å². The largest absolute Gasteiger partial charge is 0.387 e. The van der Waals surface area contributed by atoms with Gasteiger partial charge >= 0.3 is 0 Å². The summed E-state index contributed by atoms with van der Waals surface area (Å²) in [7, 11) is 2.03. The minimum absolute atomic E-state index is 1.29. The Balaban J connectivity index is 0.000000461. The summed E-state index contributed by atoms with van der Waals surface area (Å²) in [6, 6.07) is 0. The van der Waals surface area contributed by atoms with Crippen LogP contribution in [-0.2, 0) is 12.8 Å². The first kappa shape index (κ1) is 11.6. The van der Waals surface area contributed by atoms with Gasteiger partial charge in [0.25, 0.3) is 0 Å². The van der Waals surface area contributed by atoms with Crippen LogP contribution in [-0.4, -0.2) is 7.05 Å². The number of hydrogen-bond acceptors (Lipinski definition) is 2. The second kappa shape index (κ2) is 5.40. The van der Waals surface area contributed by atoms with Gasteiger partial charge < -0.3 is 5.32 Å². The maximum absolute atomic E-state index is 3.31. The lowest BCUT2D eigenvalue weighted by atomic mass is 9.98. The highest BCUT2D eigenvalue weighted by Gasteiger charge is 2.17. The summed E-state index contributed by atoms with van der Waals surface area (Å²) < 4.78 is 0. The van der Waals surface area contributed by atoms with E-state index in [0.29, 0.717) is 0 Å². The number of aryl methyl sites for hydroxylation is 2. The molecular weight excluding hydrogens is 190 g/mol. The zero-order valence-electron chi connectivity index (χ0n) is 9.74. The molecule has 0 aliphatic heterocycles. The van der Waals surface area contributed by atoms with Crippen molar-refractivity contribution >= 4 is 17.0 Å². The Labute approximate surface area is 91.5 Å². The number of thiophene rings is 1. The minimum Gasteiger partial charge on any atom is -0.387 e. The third-order valence-corrected chi connectivity index (χ3v) is 3.80. The van der Waals surface area contributed by atoms with Crippen molar-refractivity contribution in [3.63, 3.8) is 0 Å². The summed E-state index contributed by atoms with van der Waals surface area (Å²) in [4.78, 5) is 3.09. The lowest BCUT2D eigenvalue weighted by molar-refractivity contribution is 0.698. The summed E-state index contributed by atoms with van der Waals surface area (Å²) in [5, 5.41) is 3.31. The Morgan fingerprint density at radius 3 is 2.43 bits per heavy atom. The van der Waals surface area contributed by atoms with Crippen molar-refractivity contribution in [3.8, 4) is 0 Å². The molecule has 2 rings (SSSR count). The van der Waals surface area contributed by atoms with E-state index in [4.69, 9.17) is 0 Å². The molecule has 1 heterocycles. The van der Waals surface area contributed by atoms with Crippen LogP contribution in [0.4, 0.5) is 5.69 Å². The first-order valence-electron chi connectivity index (χ1n) is 5.62. The van der Waals surface area contributed by atoms with E-state index in [0.717, 1.165) is 0 Å². The standard InChI is InChI=1S/C10H15NS.C2H6/c1-7-10(11-2)8-5-3-4-6-9(8)12-7;1-2/h11H,3-6H2,1-2H3;1-2H3. The maximum Gasteiger partial charge on any atom is 0.0511 e. The van der Waals surface area contributed by atoms with Crippen molar-refractivity contribution < 1.29 is 0 Å². The van der Waals surface area contributed by atoms with Gasteiger partial charge in [-0.3, -0.25) is 0 Å². The molecular formula is C12H21NS. The summed E-state index contributed by atoms with van der Waals surface area (Å²) in [6.45, 7) is 6.22. The second-order valence-electron chi connectivity index (χ2n) is 3.39. The zero-order valence-corrected chi connectivity index (χ0v) is 10.6. The Bertz CT molecular complexity index is 289.